The topological polar surface area (TPSA) is 108 Å². The highest BCUT2D eigenvalue weighted by molar-refractivity contribution is 7.98. The number of nitrogens with one attached hydrogen (secondary N) is 1. The zero-order valence-electron chi connectivity index (χ0n) is 17.2. The third kappa shape index (κ3) is 3.21. The number of esters is 1. The van der Waals surface area contributed by atoms with Gasteiger partial charge in [0.1, 0.15) is 11.8 Å². The van der Waals surface area contributed by atoms with Crippen LogP contribution < -0.4 is 5.73 Å². The van der Waals surface area contributed by atoms with Gasteiger partial charge in [0.25, 0.3) is 0 Å². The van der Waals surface area contributed by atoms with E-state index < -0.39 is 11.8 Å². The van der Waals surface area contributed by atoms with Crippen LogP contribution in [0.25, 0.3) is 27.7 Å². The van der Waals surface area contributed by atoms with Crippen molar-refractivity contribution in [3.63, 3.8) is 0 Å². The number of rotatable bonds is 4. The minimum Gasteiger partial charge on any atom is -0.455 e. The molecule has 3 aromatic heterocycles. The number of imidazole rings is 1. The van der Waals surface area contributed by atoms with Gasteiger partial charge >= 0.3 is 5.97 Å². The Labute approximate surface area is 191 Å². The molecule has 0 spiro atoms. The van der Waals surface area contributed by atoms with Crippen molar-refractivity contribution in [3.8, 4) is 11.1 Å². The van der Waals surface area contributed by atoms with E-state index >= 15 is 4.39 Å². The number of ether oxygens (including phenoxy) is 2. The van der Waals surface area contributed by atoms with Crippen LogP contribution in [-0.4, -0.2) is 51.1 Å². The first-order chi connectivity index (χ1) is 15.4. The summed E-state index contributed by atoms with van der Waals surface area (Å²) in [6, 6.07) is 3.43. The molecule has 1 aromatic carbocycles. The molecular weight excluding hydrogens is 457 g/mol. The van der Waals surface area contributed by atoms with Gasteiger partial charge in [-0.05, 0) is 18.4 Å². The van der Waals surface area contributed by atoms with Crippen molar-refractivity contribution < 1.29 is 18.7 Å². The Bertz CT molecular complexity index is 1370. The van der Waals surface area contributed by atoms with Gasteiger partial charge in [-0.3, -0.25) is 9.50 Å². The van der Waals surface area contributed by atoms with Gasteiger partial charge in [0.05, 0.1) is 34.8 Å². The van der Waals surface area contributed by atoms with Crippen molar-refractivity contribution in [2.75, 3.05) is 25.2 Å². The quantitative estimate of drug-likeness (QED) is 0.337. The molecular formula is C21H19ClFN5O3S. The van der Waals surface area contributed by atoms with Gasteiger partial charge in [0, 0.05) is 28.6 Å². The van der Waals surface area contributed by atoms with Gasteiger partial charge in [-0.25, -0.2) is 14.2 Å². The molecule has 0 unspecified atom stereocenters. The highest BCUT2D eigenvalue weighted by Gasteiger charge is 2.30. The van der Waals surface area contributed by atoms with Crippen LogP contribution >= 0.6 is 23.4 Å². The molecule has 0 radical (unpaired) electrons. The molecule has 0 aliphatic carbocycles. The van der Waals surface area contributed by atoms with Crippen molar-refractivity contribution in [1.82, 2.24) is 19.6 Å². The van der Waals surface area contributed by atoms with E-state index in [1.807, 2.05) is 6.92 Å². The standard InChI is InChI=1S/C21H19ClFN5O3S/c1-9-7-30-8-12(9)31-21(29)18-20(24)26-13-4-3-10(6-28(13)18)14-11-5-25-27-17(11)19(32-2)16(23)15(14)22/h3-6,9,12H,7-8,24H2,1-2H3,(H,25,27)/t9-,12-/m1/s1. The molecule has 166 valence electrons. The summed E-state index contributed by atoms with van der Waals surface area (Å²) in [7, 11) is 0. The van der Waals surface area contributed by atoms with Gasteiger partial charge in [0.15, 0.2) is 17.3 Å². The second kappa shape index (κ2) is 7.95. The van der Waals surface area contributed by atoms with Crippen LogP contribution in [0.3, 0.4) is 0 Å². The summed E-state index contributed by atoms with van der Waals surface area (Å²) in [5, 5.41) is 7.53. The van der Waals surface area contributed by atoms with Gasteiger partial charge in [-0.15, -0.1) is 11.8 Å². The molecule has 0 amide bonds. The molecule has 5 rings (SSSR count). The molecule has 2 atom stereocenters. The minimum atomic E-state index is -0.599. The first-order valence-corrected chi connectivity index (χ1v) is 11.5. The third-order valence-corrected chi connectivity index (χ3v) is 6.78. The number of hydrogen-bond acceptors (Lipinski definition) is 7. The number of aromatic amines is 1. The molecule has 1 aliphatic rings. The van der Waals surface area contributed by atoms with Gasteiger partial charge in [-0.2, -0.15) is 5.10 Å². The molecule has 1 aliphatic heterocycles. The number of aromatic nitrogens is 4. The summed E-state index contributed by atoms with van der Waals surface area (Å²) >= 11 is 7.69. The van der Waals surface area contributed by atoms with E-state index in [0.29, 0.717) is 45.8 Å². The van der Waals surface area contributed by atoms with Crippen LogP contribution in [0.1, 0.15) is 17.4 Å². The van der Waals surface area contributed by atoms with Crippen LogP contribution in [0.5, 0.6) is 0 Å². The number of carbonyl (C=O) groups is 1. The van der Waals surface area contributed by atoms with Gasteiger partial charge < -0.3 is 15.2 Å². The van der Waals surface area contributed by atoms with Crippen LogP contribution in [0.4, 0.5) is 10.2 Å². The Balaban J connectivity index is 1.65. The lowest BCUT2D eigenvalue weighted by molar-refractivity contribution is 0.0206. The number of thioether (sulfide) groups is 1. The second-order valence-electron chi connectivity index (χ2n) is 7.65. The number of halogens is 2. The fourth-order valence-corrected chi connectivity index (χ4v) is 4.96. The number of H-pyrrole nitrogens is 1. The number of anilines is 1. The van der Waals surface area contributed by atoms with Crippen LogP contribution in [-0.2, 0) is 9.47 Å². The highest BCUT2D eigenvalue weighted by atomic mass is 35.5. The number of benzene rings is 1. The molecule has 11 heteroatoms. The Morgan fingerprint density at radius 3 is 2.97 bits per heavy atom. The van der Waals surface area contributed by atoms with Crippen molar-refractivity contribution in [3.05, 3.63) is 41.1 Å². The zero-order chi connectivity index (χ0) is 22.6. The summed E-state index contributed by atoms with van der Waals surface area (Å²) in [5.41, 5.74) is 8.18. The fraction of sp³-hybridized carbons (Fsp3) is 0.286. The summed E-state index contributed by atoms with van der Waals surface area (Å²) < 4.78 is 27.5. The van der Waals surface area contributed by atoms with Crippen LogP contribution in [0.2, 0.25) is 5.02 Å². The lowest BCUT2D eigenvalue weighted by Crippen LogP contribution is -2.25. The average molecular weight is 476 g/mol. The number of fused-ring (bicyclic) bond motifs is 2. The highest BCUT2D eigenvalue weighted by Crippen LogP contribution is 2.42. The van der Waals surface area contributed by atoms with Crippen molar-refractivity contribution in [2.45, 2.75) is 17.9 Å². The maximum absolute atomic E-state index is 15.0. The third-order valence-electron chi connectivity index (χ3n) is 5.63. The van der Waals surface area contributed by atoms with Crippen LogP contribution in [0.15, 0.2) is 29.4 Å². The molecule has 8 nitrogen and oxygen atoms in total. The monoisotopic (exact) mass is 475 g/mol. The SMILES string of the molecule is CSc1c(F)c(Cl)c(-c2ccc3nc(N)c(C(=O)O[C@@H]4COC[C@H]4C)n3c2)c2cn[nH]c12. The van der Waals surface area contributed by atoms with Crippen LogP contribution in [0, 0.1) is 11.7 Å². The molecule has 3 N–H and O–H groups in total. The number of hydrogen-bond donors (Lipinski definition) is 2. The Morgan fingerprint density at radius 1 is 1.44 bits per heavy atom. The zero-order valence-corrected chi connectivity index (χ0v) is 18.8. The number of nitrogens with two attached hydrogens (primary N) is 1. The Kier molecular flexibility index (Phi) is 5.23. The van der Waals surface area contributed by atoms with E-state index in [2.05, 4.69) is 15.2 Å². The minimum absolute atomic E-state index is 0.0308. The first-order valence-electron chi connectivity index (χ1n) is 9.85. The molecule has 4 aromatic rings. The molecule has 1 saturated heterocycles. The van der Waals surface area contributed by atoms with Crippen molar-refractivity contribution in [2.24, 2.45) is 5.92 Å². The lowest BCUT2D eigenvalue weighted by atomic mass is 10.0. The summed E-state index contributed by atoms with van der Waals surface area (Å²) in [5.74, 6) is -1.01. The number of nitrogens with zero attached hydrogens (tertiary/aromatic N) is 3. The van der Waals surface area contributed by atoms with E-state index in [4.69, 9.17) is 26.8 Å². The fourth-order valence-electron chi connectivity index (χ4n) is 3.96. The number of nitrogen functional groups attached to an aromatic ring is 1. The van der Waals surface area contributed by atoms with Gasteiger partial charge in [-0.1, -0.05) is 18.5 Å². The smallest absolute Gasteiger partial charge is 0.359 e. The summed E-state index contributed by atoms with van der Waals surface area (Å²) in [6.45, 7) is 2.82. The van der Waals surface area contributed by atoms with E-state index in [1.54, 1.807) is 30.8 Å². The summed E-state index contributed by atoms with van der Waals surface area (Å²) in [4.78, 5) is 17.6. The second-order valence-corrected chi connectivity index (χ2v) is 8.84. The van der Waals surface area contributed by atoms with E-state index in [-0.39, 0.29) is 28.6 Å². The Morgan fingerprint density at radius 2 is 2.25 bits per heavy atom. The molecule has 4 heterocycles. The molecule has 32 heavy (non-hydrogen) atoms. The number of carbonyl (C=O) groups excluding carboxylic acids is 1. The molecule has 0 saturated carbocycles. The predicted octanol–water partition coefficient (Wildman–Crippen LogP) is 4.17. The van der Waals surface area contributed by atoms with Gasteiger partial charge in [0.2, 0.25) is 0 Å². The maximum atomic E-state index is 15.0. The largest absolute Gasteiger partial charge is 0.455 e. The van der Waals surface area contributed by atoms with E-state index in [9.17, 15) is 4.79 Å². The first kappa shape index (κ1) is 21.0. The van der Waals surface area contributed by atoms with E-state index in [0.717, 1.165) is 0 Å². The van der Waals surface area contributed by atoms with E-state index in [1.165, 1.54) is 16.2 Å². The molecule has 1 fully saturated rings. The van der Waals surface area contributed by atoms with Crippen molar-refractivity contribution in [1.29, 1.82) is 0 Å². The summed E-state index contributed by atoms with van der Waals surface area (Å²) in [6.07, 6.45) is 4.65. The Hall–Kier alpha value is -2.82. The van der Waals surface area contributed by atoms with Crippen molar-refractivity contribution >= 4 is 51.7 Å². The lowest BCUT2D eigenvalue weighted by Gasteiger charge is -2.15. The maximum Gasteiger partial charge on any atom is 0.359 e. The predicted molar refractivity (Wildman–Crippen MR) is 121 cm³/mol. The number of pyridine rings is 1. The normalized spacial score (nSPS) is 18.6. The average Bonchev–Trinajstić information content (AvgIpc) is 3.47. The molecule has 0 bridgehead atoms.